The Bertz CT molecular complexity index is 910. The summed E-state index contributed by atoms with van der Waals surface area (Å²) in [4.78, 5) is 33.9. The number of ether oxygens (including phenoxy) is 2. The van der Waals surface area contributed by atoms with Crippen molar-refractivity contribution in [3.05, 3.63) is 51.6 Å². The first kappa shape index (κ1) is 19.5. The quantitative estimate of drug-likeness (QED) is 0.378. The Kier molecular flexibility index (Phi) is 5.81. The monoisotopic (exact) mass is 376 g/mol. The molecule has 0 saturated heterocycles. The van der Waals surface area contributed by atoms with Crippen molar-refractivity contribution in [3.8, 4) is 17.2 Å². The van der Waals surface area contributed by atoms with Crippen molar-refractivity contribution in [2.45, 2.75) is 6.42 Å². The van der Waals surface area contributed by atoms with Crippen LogP contribution in [-0.2, 0) is 11.2 Å². The number of carboxylic acid groups (broad SMARTS) is 1. The number of anilines is 1. The van der Waals surface area contributed by atoms with Gasteiger partial charge in [-0.25, -0.2) is 0 Å². The summed E-state index contributed by atoms with van der Waals surface area (Å²) in [5.74, 6) is -2.11. The fourth-order valence-corrected chi connectivity index (χ4v) is 2.36. The molecular weight excluding hydrogens is 360 g/mol. The van der Waals surface area contributed by atoms with Gasteiger partial charge in [0.25, 0.3) is 11.6 Å². The molecule has 0 radical (unpaired) electrons. The van der Waals surface area contributed by atoms with E-state index in [1.165, 1.54) is 32.4 Å². The zero-order valence-electron chi connectivity index (χ0n) is 14.4. The largest absolute Gasteiger partial charge is 0.506 e. The highest BCUT2D eigenvalue weighted by atomic mass is 16.6. The Morgan fingerprint density at radius 1 is 1.15 bits per heavy atom. The van der Waals surface area contributed by atoms with E-state index < -0.39 is 22.5 Å². The Labute approximate surface area is 153 Å². The normalized spacial score (nSPS) is 10.1. The summed E-state index contributed by atoms with van der Waals surface area (Å²) in [7, 11) is 2.61. The third-order valence-electron chi connectivity index (χ3n) is 3.61. The summed E-state index contributed by atoms with van der Waals surface area (Å²) in [6.07, 6.45) is -0.320. The molecule has 0 spiro atoms. The number of carboxylic acids is 1. The van der Waals surface area contributed by atoms with Gasteiger partial charge in [0.05, 0.1) is 37.3 Å². The number of benzene rings is 2. The van der Waals surface area contributed by atoms with E-state index in [4.69, 9.17) is 14.6 Å². The molecule has 0 heterocycles. The van der Waals surface area contributed by atoms with Crippen LogP contribution in [0, 0.1) is 10.1 Å². The minimum atomic E-state index is -1.09. The lowest BCUT2D eigenvalue weighted by Gasteiger charge is -2.12. The van der Waals surface area contributed by atoms with Gasteiger partial charge in [0.15, 0.2) is 11.5 Å². The second-order valence-corrected chi connectivity index (χ2v) is 5.36. The summed E-state index contributed by atoms with van der Waals surface area (Å²) in [6.45, 7) is 0. The topological polar surface area (TPSA) is 148 Å². The van der Waals surface area contributed by atoms with Crippen molar-refractivity contribution < 1.29 is 34.2 Å². The molecule has 2 rings (SSSR count). The van der Waals surface area contributed by atoms with Crippen molar-refractivity contribution in [3.63, 3.8) is 0 Å². The number of phenolic OH excluding ortho intramolecular Hbond substituents is 1. The predicted molar refractivity (Wildman–Crippen MR) is 93.6 cm³/mol. The number of amides is 1. The standard InChI is InChI=1S/C17H16N2O8/c1-26-14-7-10(12(19(24)25)8-15(14)27-2)17(23)18-11-5-9(6-16(21)22)3-4-13(11)20/h3-5,7-8,20H,6H2,1-2H3,(H,18,23)(H,21,22). The minimum Gasteiger partial charge on any atom is -0.506 e. The first-order valence-electron chi connectivity index (χ1n) is 7.52. The number of nitrogens with one attached hydrogen (secondary N) is 1. The van der Waals surface area contributed by atoms with Crippen molar-refractivity contribution in [2.24, 2.45) is 0 Å². The molecule has 1 amide bonds. The molecule has 10 nitrogen and oxygen atoms in total. The Morgan fingerprint density at radius 2 is 1.78 bits per heavy atom. The van der Waals surface area contributed by atoms with E-state index in [9.17, 15) is 24.8 Å². The van der Waals surface area contributed by atoms with Gasteiger partial charge in [-0.1, -0.05) is 6.07 Å². The Balaban J connectivity index is 2.43. The van der Waals surface area contributed by atoms with Crippen molar-refractivity contribution in [1.82, 2.24) is 0 Å². The van der Waals surface area contributed by atoms with Crippen LogP contribution in [0.25, 0.3) is 0 Å². The Morgan fingerprint density at radius 3 is 2.33 bits per heavy atom. The molecular formula is C17H16N2O8. The van der Waals surface area contributed by atoms with Crippen LogP contribution in [-0.4, -0.2) is 41.2 Å². The molecule has 0 saturated carbocycles. The van der Waals surface area contributed by atoms with E-state index in [-0.39, 0.29) is 34.9 Å². The number of hydrogen-bond acceptors (Lipinski definition) is 7. The van der Waals surface area contributed by atoms with Gasteiger partial charge in [-0.2, -0.15) is 0 Å². The molecule has 0 aliphatic heterocycles. The number of phenols is 1. The van der Waals surface area contributed by atoms with E-state index in [1.807, 2.05) is 0 Å². The minimum absolute atomic E-state index is 0.0760. The van der Waals surface area contributed by atoms with E-state index in [0.29, 0.717) is 5.56 Å². The van der Waals surface area contributed by atoms with Gasteiger partial charge in [0.1, 0.15) is 11.3 Å². The zero-order valence-corrected chi connectivity index (χ0v) is 14.4. The maximum absolute atomic E-state index is 12.6. The number of nitro groups is 1. The number of hydrogen-bond donors (Lipinski definition) is 3. The highest BCUT2D eigenvalue weighted by molar-refractivity contribution is 6.08. The summed E-state index contributed by atoms with van der Waals surface area (Å²) in [5.41, 5.74) is -0.590. The third-order valence-corrected chi connectivity index (χ3v) is 3.61. The van der Waals surface area contributed by atoms with Crippen LogP contribution >= 0.6 is 0 Å². The molecule has 0 unspecified atom stereocenters. The molecule has 0 bridgehead atoms. The van der Waals surface area contributed by atoms with Crippen molar-refractivity contribution in [2.75, 3.05) is 19.5 Å². The smallest absolute Gasteiger partial charge is 0.307 e. The number of methoxy groups -OCH3 is 2. The number of carbonyl (C=O) groups is 2. The van der Waals surface area contributed by atoms with Gasteiger partial charge in [0, 0.05) is 6.07 Å². The molecule has 2 aromatic rings. The molecule has 0 aliphatic carbocycles. The van der Waals surface area contributed by atoms with Gasteiger partial charge < -0.3 is 25.0 Å². The molecule has 0 fully saturated rings. The number of rotatable bonds is 7. The van der Waals surface area contributed by atoms with Crippen molar-refractivity contribution in [1.29, 1.82) is 0 Å². The predicted octanol–water partition coefficient (Wildman–Crippen LogP) is 2.20. The fraction of sp³-hybridized carbons (Fsp3) is 0.176. The van der Waals surface area contributed by atoms with E-state index in [1.54, 1.807) is 0 Å². The van der Waals surface area contributed by atoms with Crippen LogP contribution in [0.5, 0.6) is 17.2 Å². The van der Waals surface area contributed by atoms with Gasteiger partial charge in [0.2, 0.25) is 0 Å². The molecule has 0 atom stereocenters. The van der Waals surface area contributed by atoms with Gasteiger partial charge >= 0.3 is 5.97 Å². The average molecular weight is 376 g/mol. The Hall–Kier alpha value is -3.82. The van der Waals surface area contributed by atoms with E-state index in [2.05, 4.69) is 5.32 Å². The van der Waals surface area contributed by atoms with E-state index in [0.717, 1.165) is 12.1 Å². The molecule has 3 N–H and O–H groups in total. The maximum atomic E-state index is 12.6. The zero-order chi connectivity index (χ0) is 20.1. The summed E-state index contributed by atoms with van der Waals surface area (Å²) in [5, 5.41) is 32.4. The second-order valence-electron chi connectivity index (χ2n) is 5.36. The molecule has 10 heteroatoms. The number of aliphatic carboxylic acids is 1. The van der Waals surface area contributed by atoms with Crippen LogP contribution in [0.15, 0.2) is 30.3 Å². The molecule has 0 aromatic heterocycles. The average Bonchev–Trinajstić information content (AvgIpc) is 2.62. The summed E-state index contributed by atoms with van der Waals surface area (Å²) < 4.78 is 10.1. The second kappa shape index (κ2) is 8.04. The summed E-state index contributed by atoms with van der Waals surface area (Å²) in [6, 6.07) is 6.07. The van der Waals surface area contributed by atoms with Crippen LogP contribution in [0.3, 0.4) is 0 Å². The van der Waals surface area contributed by atoms with Crippen LogP contribution in [0.1, 0.15) is 15.9 Å². The lowest BCUT2D eigenvalue weighted by Crippen LogP contribution is -2.15. The molecule has 27 heavy (non-hydrogen) atoms. The number of nitro benzene ring substituents is 1. The molecule has 142 valence electrons. The SMILES string of the molecule is COc1cc(C(=O)Nc2cc(CC(=O)O)ccc2O)c([N+](=O)[O-])cc1OC. The van der Waals surface area contributed by atoms with Gasteiger partial charge in [-0.3, -0.25) is 19.7 Å². The molecule has 0 aliphatic rings. The summed E-state index contributed by atoms with van der Waals surface area (Å²) >= 11 is 0. The van der Waals surface area contributed by atoms with Crippen LogP contribution < -0.4 is 14.8 Å². The first-order chi connectivity index (χ1) is 12.8. The highest BCUT2D eigenvalue weighted by Gasteiger charge is 2.25. The maximum Gasteiger partial charge on any atom is 0.307 e. The lowest BCUT2D eigenvalue weighted by atomic mass is 10.1. The fourth-order valence-electron chi connectivity index (χ4n) is 2.36. The number of carbonyl (C=O) groups excluding carboxylic acids is 1. The number of nitrogens with zero attached hydrogens (tertiary/aromatic N) is 1. The van der Waals surface area contributed by atoms with Gasteiger partial charge in [-0.05, 0) is 17.7 Å². The van der Waals surface area contributed by atoms with Crippen LogP contribution in [0.4, 0.5) is 11.4 Å². The number of aromatic hydroxyl groups is 1. The highest BCUT2D eigenvalue weighted by Crippen LogP contribution is 2.35. The first-order valence-corrected chi connectivity index (χ1v) is 7.52. The third kappa shape index (κ3) is 4.42. The lowest BCUT2D eigenvalue weighted by molar-refractivity contribution is -0.385. The molecule has 2 aromatic carbocycles. The van der Waals surface area contributed by atoms with E-state index >= 15 is 0 Å². The van der Waals surface area contributed by atoms with Crippen LogP contribution in [0.2, 0.25) is 0 Å². The van der Waals surface area contributed by atoms with Gasteiger partial charge in [-0.15, -0.1) is 0 Å². The van der Waals surface area contributed by atoms with Crippen molar-refractivity contribution >= 4 is 23.3 Å².